The molecule has 0 aliphatic carbocycles. The fourth-order valence-corrected chi connectivity index (χ4v) is 2.96. The Morgan fingerprint density at radius 2 is 1.95 bits per heavy atom. The molecule has 0 bridgehead atoms. The number of ether oxygens (including phenoxy) is 1. The Hall–Kier alpha value is -1.37. The average Bonchev–Trinajstić information content (AvgIpc) is 2.77. The van der Waals surface area contributed by atoms with Gasteiger partial charge in [0, 0.05) is 30.3 Å². The van der Waals surface area contributed by atoms with Gasteiger partial charge in [0.15, 0.2) is 0 Å². The van der Waals surface area contributed by atoms with E-state index < -0.39 is 10.0 Å². The molecular formula is C15H22N2O3S. The van der Waals surface area contributed by atoms with E-state index >= 15 is 0 Å². The van der Waals surface area contributed by atoms with Gasteiger partial charge in [-0.2, -0.15) is 0 Å². The van der Waals surface area contributed by atoms with Crippen molar-refractivity contribution in [3.05, 3.63) is 30.5 Å². The maximum absolute atomic E-state index is 11.6. The molecule has 0 radical (unpaired) electrons. The number of hydrogen-bond acceptors (Lipinski definition) is 3. The van der Waals surface area contributed by atoms with Crippen molar-refractivity contribution in [1.29, 1.82) is 0 Å². The standard InChI is InChI=1S/C15H22N2O3S/c1-12(2)7-9-20-10-8-17-11-15(21(16,18)19)13-5-3-4-6-14(13)17/h3-6,11-12H,7-10H2,1-2H3,(H2,16,18,19). The van der Waals surface area contributed by atoms with Crippen LogP contribution in [0, 0.1) is 5.92 Å². The van der Waals surface area contributed by atoms with Crippen LogP contribution in [0.4, 0.5) is 0 Å². The van der Waals surface area contributed by atoms with E-state index in [0.29, 0.717) is 24.5 Å². The van der Waals surface area contributed by atoms with Gasteiger partial charge in [0.25, 0.3) is 0 Å². The van der Waals surface area contributed by atoms with Gasteiger partial charge in [-0.1, -0.05) is 32.0 Å². The summed E-state index contributed by atoms with van der Waals surface area (Å²) in [6.45, 7) is 6.19. The zero-order valence-electron chi connectivity index (χ0n) is 12.5. The summed E-state index contributed by atoms with van der Waals surface area (Å²) in [6.07, 6.45) is 2.61. The molecule has 21 heavy (non-hydrogen) atoms. The number of para-hydroxylation sites is 1. The molecule has 0 spiro atoms. The lowest BCUT2D eigenvalue weighted by Crippen LogP contribution is -2.12. The van der Waals surface area contributed by atoms with Crippen LogP contribution in [-0.2, 0) is 21.3 Å². The lowest BCUT2D eigenvalue weighted by atomic mass is 10.1. The number of fused-ring (bicyclic) bond motifs is 1. The summed E-state index contributed by atoms with van der Waals surface area (Å²) in [5.74, 6) is 0.617. The number of nitrogens with two attached hydrogens (primary N) is 1. The quantitative estimate of drug-likeness (QED) is 0.798. The molecule has 0 aliphatic rings. The molecule has 2 aromatic rings. The molecule has 0 fully saturated rings. The van der Waals surface area contributed by atoms with Crippen LogP contribution in [0.3, 0.4) is 0 Å². The Balaban J connectivity index is 2.14. The highest BCUT2D eigenvalue weighted by Crippen LogP contribution is 2.24. The average molecular weight is 310 g/mol. The summed E-state index contributed by atoms with van der Waals surface area (Å²) in [5.41, 5.74) is 0.856. The molecule has 116 valence electrons. The van der Waals surface area contributed by atoms with Crippen LogP contribution in [0.1, 0.15) is 20.3 Å². The van der Waals surface area contributed by atoms with Crippen LogP contribution in [0.25, 0.3) is 10.9 Å². The molecule has 0 saturated carbocycles. The molecule has 1 heterocycles. The third kappa shape index (κ3) is 4.06. The molecule has 0 atom stereocenters. The number of hydrogen-bond donors (Lipinski definition) is 1. The van der Waals surface area contributed by atoms with E-state index in [9.17, 15) is 8.42 Å². The Morgan fingerprint density at radius 3 is 2.62 bits per heavy atom. The van der Waals surface area contributed by atoms with Gasteiger partial charge in [-0.25, -0.2) is 13.6 Å². The number of primary sulfonamides is 1. The smallest absolute Gasteiger partial charge is 0.240 e. The second-order valence-corrected chi connectivity index (χ2v) is 7.07. The SMILES string of the molecule is CC(C)CCOCCn1cc(S(N)(=O)=O)c2ccccc21. The molecule has 5 nitrogen and oxygen atoms in total. The van der Waals surface area contributed by atoms with E-state index in [1.165, 1.54) is 0 Å². The van der Waals surface area contributed by atoms with Gasteiger partial charge in [0.2, 0.25) is 10.0 Å². The third-order valence-electron chi connectivity index (χ3n) is 3.37. The molecular weight excluding hydrogens is 288 g/mol. The molecule has 1 aromatic heterocycles. The Labute approximate surface area is 125 Å². The molecule has 0 amide bonds. The number of rotatable bonds is 7. The Bertz CT molecular complexity index is 705. The molecule has 0 aliphatic heterocycles. The van der Waals surface area contributed by atoms with E-state index in [1.54, 1.807) is 18.3 Å². The van der Waals surface area contributed by atoms with Gasteiger partial charge in [-0.05, 0) is 18.4 Å². The minimum absolute atomic E-state index is 0.167. The Kier molecular flexibility index (Phi) is 5.03. The number of sulfonamides is 1. The summed E-state index contributed by atoms with van der Waals surface area (Å²) < 4.78 is 30.8. The third-order valence-corrected chi connectivity index (χ3v) is 4.31. The van der Waals surface area contributed by atoms with Crippen LogP contribution in [-0.4, -0.2) is 26.2 Å². The first-order valence-corrected chi connectivity index (χ1v) is 8.62. The van der Waals surface area contributed by atoms with Crippen molar-refractivity contribution in [3.8, 4) is 0 Å². The van der Waals surface area contributed by atoms with Crippen molar-refractivity contribution in [2.45, 2.75) is 31.7 Å². The van der Waals surface area contributed by atoms with Crippen LogP contribution in [0.5, 0.6) is 0 Å². The minimum Gasteiger partial charge on any atom is -0.380 e. The first-order chi connectivity index (χ1) is 9.89. The van der Waals surface area contributed by atoms with Crippen molar-refractivity contribution >= 4 is 20.9 Å². The van der Waals surface area contributed by atoms with Gasteiger partial charge >= 0.3 is 0 Å². The maximum Gasteiger partial charge on any atom is 0.240 e. The fourth-order valence-electron chi connectivity index (χ4n) is 2.21. The lowest BCUT2D eigenvalue weighted by Gasteiger charge is -2.08. The van der Waals surface area contributed by atoms with Crippen LogP contribution < -0.4 is 5.14 Å². The predicted octanol–water partition coefficient (Wildman–Crippen LogP) is 2.35. The lowest BCUT2D eigenvalue weighted by molar-refractivity contribution is 0.117. The van der Waals surface area contributed by atoms with Gasteiger partial charge in [0.1, 0.15) is 4.90 Å². The summed E-state index contributed by atoms with van der Waals surface area (Å²) >= 11 is 0. The first-order valence-electron chi connectivity index (χ1n) is 7.08. The zero-order valence-corrected chi connectivity index (χ0v) is 13.3. The summed E-state index contributed by atoms with van der Waals surface area (Å²) in [5, 5.41) is 5.93. The monoisotopic (exact) mass is 310 g/mol. The minimum atomic E-state index is -3.72. The number of nitrogens with zero attached hydrogens (tertiary/aromatic N) is 1. The molecule has 2 rings (SSSR count). The van der Waals surface area contributed by atoms with E-state index in [2.05, 4.69) is 13.8 Å². The highest BCUT2D eigenvalue weighted by Gasteiger charge is 2.16. The van der Waals surface area contributed by atoms with Crippen molar-refractivity contribution in [2.24, 2.45) is 11.1 Å². The summed E-state index contributed by atoms with van der Waals surface area (Å²) in [6, 6.07) is 7.34. The summed E-state index contributed by atoms with van der Waals surface area (Å²) in [4.78, 5) is 0.167. The normalized spacial score (nSPS) is 12.4. The van der Waals surface area contributed by atoms with Gasteiger partial charge in [-0.3, -0.25) is 0 Å². The van der Waals surface area contributed by atoms with Crippen LogP contribution in [0.15, 0.2) is 35.4 Å². The summed E-state index contributed by atoms with van der Waals surface area (Å²) in [7, 11) is -3.72. The molecule has 2 N–H and O–H groups in total. The van der Waals surface area contributed by atoms with Crippen molar-refractivity contribution in [1.82, 2.24) is 4.57 Å². The highest BCUT2D eigenvalue weighted by atomic mass is 32.2. The zero-order chi connectivity index (χ0) is 15.5. The predicted molar refractivity (Wildman–Crippen MR) is 83.6 cm³/mol. The molecule has 1 aromatic carbocycles. The topological polar surface area (TPSA) is 74.3 Å². The van der Waals surface area contributed by atoms with Gasteiger partial charge in [0.05, 0.1) is 6.61 Å². The Morgan fingerprint density at radius 1 is 1.24 bits per heavy atom. The molecule has 0 saturated heterocycles. The van der Waals surface area contributed by atoms with E-state index in [1.807, 2.05) is 16.7 Å². The van der Waals surface area contributed by atoms with Crippen molar-refractivity contribution < 1.29 is 13.2 Å². The maximum atomic E-state index is 11.6. The van der Waals surface area contributed by atoms with Gasteiger partial charge < -0.3 is 9.30 Å². The number of benzene rings is 1. The van der Waals surface area contributed by atoms with E-state index in [0.717, 1.165) is 18.5 Å². The van der Waals surface area contributed by atoms with E-state index in [4.69, 9.17) is 9.88 Å². The first kappa shape index (κ1) is 16.0. The van der Waals surface area contributed by atoms with Gasteiger partial charge in [-0.15, -0.1) is 0 Å². The second kappa shape index (κ2) is 6.60. The van der Waals surface area contributed by atoms with Crippen molar-refractivity contribution in [3.63, 3.8) is 0 Å². The largest absolute Gasteiger partial charge is 0.380 e. The molecule has 0 unspecified atom stereocenters. The van der Waals surface area contributed by atoms with Crippen LogP contribution in [0.2, 0.25) is 0 Å². The van der Waals surface area contributed by atoms with Crippen LogP contribution >= 0.6 is 0 Å². The second-order valence-electron chi connectivity index (χ2n) is 5.54. The molecule has 6 heteroatoms. The van der Waals surface area contributed by atoms with E-state index in [-0.39, 0.29) is 4.90 Å². The van der Waals surface area contributed by atoms with Crippen molar-refractivity contribution in [2.75, 3.05) is 13.2 Å². The fraction of sp³-hybridized carbons (Fsp3) is 0.467. The number of aromatic nitrogens is 1. The highest BCUT2D eigenvalue weighted by molar-refractivity contribution is 7.89.